The number of hydrogen-bond acceptors (Lipinski definition) is 3. The van der Waals surface area contributed by atoms with E-state index in [1.54, 1.807) is 12.4 Å². The molecule has 1 aliphatic rings. The van der Waals surface area contributed by atoms with Crippen LogP contribution >= 0.6 is 0 Å². The van der Waals surface area contributed by atoms with Gasteiger partial charge in [-0.2, -0.15) is 0 Å². The summed E-state index contributed by atoms with van der Waals surface area (Å²) in [5, 5.41) is 2.94. The monoisotopic (exact) mass is 247 g/mol. The molecule has 1 aliphatic carbocycles. The number of hydrogen-bond donors (Lipinski definition) is 2. The Bertz CT molecular complexity index is 393. The van der Waals surface area contributed by atoms with Crippen LogP contribution in [0.5, 0.6) is 0 Å². The number of aromatic nitrogens is 1. The van der Waals surface area contributed by atoms with Crippen LogP contribution in [0.2, 0.25) is 0 Å². The quantitative estimate of drug-likeness (QED) is 0.858. The number of amides is 1. The maximum Gasteiger partial charge on any atom is 0.227 e. The van der Waals surface area contributed by atoms with Crippen molar-refractivity contribution in [3.63, 3.8) is 0 Å². The first kappa shape index (κ1) is 13.0. The van der Waals surface area contributed by atoms with E-state index in [0.717, 1.165) is 31.5 Å². The molecule has 0 bridgehead atoms. The Morgan fingerprint density at radius 3 is 3.00 bits per heavy atom. The van der Waals surface area contributed by atoms with Crippen molar-refractivity contribution >= 4 is 11.6 Å². The predicted molar refractivity (Wildman–Crippen MR) is 71.9 cm³/mol. The second kappa shape index (κ2) is 5.96. The Hall–Kier alpha value is -1.42. The largest absolute Gasteiger partial charge is 0.330 e. The van der Waals surface area contributed by atoms with Crippen LogP contribution in [0, 0.1) is 17.8 Å². The number of pyridine rings is 1. The van der Waals surface area contributed by atoms with Crippen LogP contribution < -0.4 is 11.1 Å². The van der Waals surface area contributed by atoms with E-state index < -0.39 is 0 Å². The minimum atomic E-state index is 0.105. The standard InChI is InChI=1S/C14H21N3O/c1-10-7-11(8-15)4-5-13(10)14(18)17-12-3-2-6-16-9-12/h2-3,6,9-11,13H,4-5,7-8,15H2,1H3,(H,17,18). The fraction of sp³-hybridized carbons (Fsp3) is 0.571. The average Bonchev–Trinajstić information content (AvgIpc) is 2.39. The minimum absolute atomic E-state index is 0.105. The molecule has 2 rings (SSSR count). The zero-order valence-electron chi connectivity index (χ0n) is 10.8. The van der Waals surface area contributed by atoms with Crippen molar-refractivity contribution in [1.82, 2.24) is 4.98 Å². The van der Waals surface area contributed by atoms with Gasteiger partial charge < -0.3 is 11.1 Å². The van der Waals surface area contributed by atoms with Gasteiger partial charge in [0, 0.05) is 12.1 Å². The van der Waals surface area contributed by atoms with Crippen molar-refractivity contribution in [2.45, 2.75) is 26.2 Å². The third kappa shape index (κ3) is 3.07. The van der Waals surface area contributed by atoms with Gasteiger partial charge in [-0.1, -0.05) is 6.92 Å². The molecule has 3 atom stereocenters. The van der Waals surface area contributed by atoms with E-state index >= 15 is 0 Å². The number of nitrogens with one attached hydrogen (secondary N) is 1. The summed E-state index contributed by atoms with van der Waals surface area (Å²) in [6, 6.07) is 3.69. The fourth-order valence-electron chi connectivity index (χ4n) is 2.78. The minimum Gasteiger partial charge on any atom is -0.330 e. The summed E-state index contributed by atoms with van der Waals surface area (Å²) in [4.78, 5) is 16.2. The first-order chi connectivity index (χ1) is 8.70. The maximum absolute atomic E-state index is 12.2. The van der Waals surface area contributed by atoms with Gasteiger partial charge in [0.2, 0.25) is 5.91 Å². The maximum atomic E-state index is 12.2. The molecule has 1 aromatic heterocycles. The van der Waals surface area contributed by atoms with Crippen molar-refractivity contribution < 1.29 is 4.79 Å². The van der Waals surface area contributed by atoms with Crippen LogP contribution in [-0.4, -0.2) is 17.4 Å². The van der Waals surface area contributed by atoms with Gasteiger partial charge >= 0.3 is 0 Å². The lowest BCUT2D eigenvalue weighted by Gasteiger charge is -2.32. The second-order valence-corrected chi connectivity index (χ2v) is 5.23. The predicted octanol–water partition coefficient (Wildman–Crippen LogP) is 2.03. The van der Waals surface area contributed by atoms with Crippen LogP contribution in [0.3, 0.4) is 0 Å². The van der Waals surface area contributed by atoms with Crippen LogP contribution in [0.4, 0.5) is 5.69 Å². The first-order valence-corrected chi connectivity index (χ1v) is 6.61. The molecule has 0 radical (unpaired) electrons. The SMILES string of the molecule is CC1CC(CN)CCC1C(=O)Nc1cccnc1. The van der Waals surface area contributed by atoms with E-state index in [2.05, 4.69) is 17.2 Å². The zero-order valence-corrected chi connectivity index (χ0v) is 10.8. The molecule has 0 aliphatic heterocycles. The highest BCUT2D eigenvalue weighted by Crippen LogP contribution is 2.33. The van der Waals surface area contributed by atoms with Gasteiger partial charge in [0.15, 0.2) is 0 Å². The van der Waals surface area contributed by atoms with E-state index in [1.807, 2.05) is 12.1 Å². The normalized spacial score (nSPS) is 27.8. The van der Waals surface area contributed by atoms with Gasteiger partial charge in [0.1, 0.15) is 0 Å². The fourth-order valence-corrected chi connectivity index (χ4v) is 2.78. The average molecular weight is 247 g/mol. The molecule has 98 valence electrons. The Balaban J connectivity index is 1.94. The smallest absolute Gasteiger partial charge is 0.227 e. The topological polar surface area (TPSA) is 68.0 Å². The molecular formula is C14H21N3O. The van der Waals surface area contributed by atoms with Gasteiger partial charge in [-0.15, -0.1) is 0 Å². The van der Waals surface area contributed by atoms with Gasteiger partial charge in [0.25, 0.3) is 0 Å². The lowest BCUT2D eigenvalue weighted by Crippen LogP contribution is -2.35. The van der Waals surface area contributed by atoms with E-state index in [0.29, 0.717) is 11.8 Å². The number of anilines is 1. The Kier molecular flexibility index (Phi) is 4.31. The van der Waals surface area contributed by atoms with Crippen molar-refractivity contribution in [3.8, 4) is 0 Å². The summed E-state index contributed by atoms with van der Waals surface area (Å²) in [6.07, 6.45) is 6.43. The molecule has 1 heterocycles. The number of nitrogens with two attached hydrogens (primary N) is 1. The summed E-state index contributed by atoms with van der Waals surface area (Å²) in [5.74, 6) is 1.21. The van der Waals surface area contributed by atoms with Crippen molar-refractivity contribution in [1.29, 1.82) is 0 Å². The molecule has 1 amide bonds. The third-order valence-corrected chi connectivity index (χ3v) is 3.88. The molecule has 0 spiro atoms. The van der Waals surface area contributed by atoms with Crippen LogP contribution in [0.15, 0.2) is 24.5 Å². The van der Waals surface area contributed by atoms with Crippen molar-refractivity contribution in [3.05, 3.63) is 24.5 Å². The first-order valence-electron chi connectivity index (χ1n) is 6.61. The number of carbonyl (C=O) groups excluding carboxylic acids is 1. The Morgan fingerprint density at radius 1 is 1.56 bits per heavy atom. The highest BCUT2D eigenvalue weighted by atomic mass is 16.1. The molecule has 4 nitrogen and oxygen atoms in total. The summed E-state index contributed by atoms with van der Waals surface area (Å²) >= 11 is 0. The molecule has 3 unspecified atom stereocenters. The molecule has 3 N–H and O–H groups in total. The van der Waals surface area contributed by atoms with Crippen LogP contribution in [-0.2, 0) is 4.79 Å². The number of rotatable bonds is 3. The molecule has 18 heavy (non-hydrogen) atoms. The molecular weight excluding hydrogens is 226 g/mol. The van der Waals surface area contributed by atoms with Gasteiger partial charge in [-0.05, 0) is 49.8 Å². The third-order valence-electron chi connectivity index (χ3n) is 3.88. The lowest BCUT2D eigenvalue weighted by atomic mass is 9.74. The Labute approximate surface area is 108 Å². The highest BCUT2D eigenvalue weighted by Gasteiger charge is 2.31. The second-order valence-electron chi connectivity index (χ2n) is 5.23. The van der Waals surface area contributed by atoms with Gasteiger partial charge in [-0.3, -0.25) is 9.78 Å². The van der Waals surface area contributed by atoms with Gasteiger partial charge in [0.05, 0.1) is 11.9 Å². The van der Waals surface area contributed by atoms with Crippen LogP contribution in [0.1, 0.15) is 26.2 Å². The van der Waals surface area contributed by atoms with Crippen LogP contribution in [0.25, 0.3) is 0 Å². The van der Waals surface area contributed by atoms with E-state index in [4.69, 9.17) is 5.73 Å². The Morgan fingerprint density at radius 2 is 2.39 bits per heavy atom. The summed E-state index contributed by atoms with van der Waals surface area (Å²) in [5.41, 5.74) is 6.48. The number of nitrogens with zero attached hydrogens (tertiary/aromatic N) is 1. The van der Waals surface area contributed by atoms with E-state index in [1.165, 1.54) is 0 Å². The molecule has 1 saturated carbocycles. The molecule has 4 heteroatoms. The zero-order chi connectivity index (χ0) is 13.0. The molecule has 1 fully saturated rings. The van der Waals surface area contributed by atoms with Gasteiger partial charge in [-0.25, -0.2) is 0 Å². The highest BCUT2D eigenvalue weighted by molar-refractivity contribution is 5.92. The van der Waals surface area contributed by atoms with Crippen molar-refractivity contribution in [2.75, 3.05) is 11.9 Å². The summed E-state index contributed by atoms with van der Waals surface area (Å²) in [6.45, 7) is 2.89. The van der Waals surface area contributed by atoms with E-state index in [9.17, 15) is 4.79 Å². The molecule has 1 aromatic rings. The summed E-state index contributed by atoms with van der Waals surface area (Å²) < 4.78 is 0. The summed E-state index contributed by atoms with van der Waals surface area (Å²) in [7, 11) is 0. The van der Waals surface area contributed by atoms with E-state index in [-0.39, 0.29) is 11.8 Å². The van der Waals surface area contributed by atoms with Crippen molar-refractivity contribution in [2.24, 2.45) is 23.5 Å². The molecule has 0 aromatic carbocycles. The number of carbonyl (C=O) groups is 1. The molecule has 0 saturated heterocycles. The lowest BCUT2D eigenvalue weighted by molar-refractivity contribution is -0.122.